The second-order valence-electron chi connectivity index (χ2n) is 4.23. The van der Waals surface area contributed by atoms with Gasteiger partial charge in [-0.25, -0.2) is 9.97 Å². The largest absolute Gasteiger partial charge is 0.337 e. The first-order valence-electron chi connectivity index (χ1n) is 5.39. The predicted molar refractivity (Wildman–Crippen MR) is 63.5 cm³/mol. The molecule has 1 aromatic rings. The molecule has 1 aromatic heterocycles. The van der Waals surface area contributed by atoms with Crippen LogP contribution in [-0.2, 0) is 11.3 Å². The number of nitrogens with zero attached hydrogens (tertiary/aromatic N) is 3. The third-order valence-electron chi connectivity index (χ3n) is 2.85. The second-order valence-corrected chi connectivity index (χ2v) is 5.08. The van der Waals surface area contributed by atoms with Crippen molar-refractivity contribution in [2.24, 2.45) is 5.92 Å². The van der Waals surface area contributed by atoms with Crippen molar-refractivity contribution in [1.29, 1.82) is 0 Å². The van der Waals surface area contributed by atoms with Crippen molar-refractivity contribution in [3.05, 3.63) is 22.7 Å². The summed E-state index contributed by atoms with van der Waals surface area (Å²) in [6.45, 7) is 3.53. The fraction of sp³-hybridized carbons (Fsp3) is 0.545. The zero-order valence-electron chi connectivity index (χ0n) is 9.19. The highest BCUT2D eigenvalue weighted by Crippen LogP contribution is 2.21. The van der Waals surface area contributed by atoms with Crippen LogP contribution in [0.4, 0.5) is 0 Å². The number of hydrogen-bond acceptors (Lipinski definition) is 3. The van der Waals surface area contributed by atoms with Crippen LogP contribution < -0.4 is 0 Å². The molecule has 1 amide bonds. The SMILES string of the molecule is CC1CCN(Cc2ncncc2Br)C(=O)C1. The van der Waals surface area contributed by atoms with Crippen LogP contribution in [0.3, 0.4) is 0 Å². The molecular formula is C11H14BrN3O. The van der Waals surface area contributed by atoms with Crippen LogP contribution in [0, 0.1) is 5.92 Å². The Kier molecular flexibility index (Phi) is 3.53. The summed E-state index contributed by atoms with van der Waals surface area (Å²) in [5.74, 6) is 0.738. The van der Waals surface area contributed by atoms with Crippen LogP contribution in [0.1, 0.15) is 25.5 Å². The summed E-state index contributed by atoms with van der Waals surface area (Å²) in [6.07, 6.45) is 4.95. The van der Waals surface area contributed by atoms with E-state index >= 15 is 0 Å². The number of amides is 1. The van der Waals surface area contributed by atoms with E-state index in [0.29, 0.717) is 18.9 Å². The van der Waals surface area contributed by atoms with Crippen LogP contribution >= 0.6 is 15.9 Å². The first-order valence-corrected chi connectivity index (χ1v) is 6.18. The Morgan fingerprint density at radius 1 is 1.62 bits per heavy atom. The minimum Gasteiger partial charge on any atom is -0.337 e. The number of carbonyl (C=O) groups excluding carboxylic acids is 1. The van der Waals surface area contributed by atoms with Gasteiger partial charge in [0.1, 0.15) is 6.33 Å². The Hall–Kier alpha value is -0.970. The lowest BCUT2D eigenvalue weighted by Gasteiger charge is -2.29. The lowest BCUT2D eigenvalue weighted by molar-refractivity contribution is -0.135. The Labute approximate surface area is 103 Å². The molecule has 5 heteroatoms. The molecule has 0 spiro atoms. The molecule has 0 saturated carbocycles. The maximum atomic E-state index is 11.8. The van der Waals surface area contributed by atoms with E-state index in [1.807, 2.05) is 4.90 Å². The van der Waals surface area contributed by atoms with E-state index in [4.69, 9.17) is 0 Å². The van der Waals surface area contributed by atoms with Crippen LogP contribution in [0.2, 0.25) is 0 Å². The van der Waals surface area contributed by atoms with Crippen LogP contribution in [0.25, 0.3) is 0 Å². The molecule has 86 valence electrons. The molecule has 0 bridgehead atoms. The van der Waals surface area contributed by atoms with Crippen molar-refractivity contribution in [2.75, 3.05) is 6.54 Å². The maximum absolute atomic E-state index is 11.8. The molecule has 0 N–H and O–H groups in total. The van der Waals surface area contributed by atoms with E-state index in [2.05, 4.69) is 32.8 Å². The van der Waals surface area contributed by atoms with Gasteiger partial charge in [0.2, 0.25) is 5.91 Å². The molecule has 1 fully saturated rings. The van der Waals surface area contributed by atoms with Crippen molar-refractivity contribution < 1.29 is 4.79 Å². The van der Waals surface area contributed by atoms with Crippen LogP contribution in [-0.4, -0.2) is 27.3 Å². The zero-order valence-corrected chi connectivity index (χ0v) is 10.8. The lowest BCUT2D eigenvalue weighted by atomic mass is 9.98. The summed E-state index contributed by atoms with van der Waals surface area (Å²) < 4.78 is 0.862. The van der Waals surface area contributed by atoms with Gasteiger partial charge >= 0.3 is 0 Å². The quantitative estimate of drug-likeness (QED) is 0.834. The molecule has 1 aliphatic heterocycles. The summed E-state index contributed by atoms with van der Waals surface area (Å²) in [5.41, 5.74) is 0.873. The summed E-state index contributed by atoms with van der Waals surface area (Å²) in [5, 5.41) is 0. The van der Waals surface area contributed by atoms with Gasteiger partial charge in [-0.3, -0.25) is 4.79 Å². The lowest BCUT2D eigenvalue weighted by Crippen LogP contribution is -2.37. The monoisotopic (exact) mass is 283 g/mol. The van der Waals surface area contributed by atoms with Gasteiger partial charge in [0, 0.05) is 19.2 Å². The van der Waals surface area contributed by atoms with Gasteiger partial charge < -0.3 is 4.90 Å². The number of piperidine rings is 1. The average Bonchev–Trinajstić information content (AvgIpc) is 2.25. The second kappa shape index (κ2) is 4.91. The van der Waals surface area contributed by atoms with Crippen molar-refractivity contribution in [2.45, 2.75) is 26.3 Å². The van der Waals surface area contributed by atoms with Crippen LogP contribution in [0.15, 0.2) is 17.0 Å². The number of hydrogen-bond donors (Lipinski definition) is 0. The van der Waals surface area contributed by atoms with E-state index in [1.165, 1.54) is 6.33 Å². The highest BCUT2D eigenvalue weighted by atomic mass is 79.9. The highest BCUT2D eigenvalue weighted by Gasteiger charge is 2.23. The first-order chi connectivity index (χ1) is 7.66. The van der Waals surface area contributed by atoms with Gasteiger partial charge in [0.05, 0.1) is 16.7 Å². The molecule has 1 unspecified atom stereocenters. The highest BCUT2D eigenvalue weighted by molar-refractivity contribution is 9.10. The van der Waals surface area contributed by atoms with Gasteiger partial charge in [-0.15, -0.1) is 0 Å². The topological polar surface area (TPSA) is 46.1 Å². The molecule has 0 aliphatic carbocycles. The zero-order chi connectivity index (χ0) is 11.5. The van der Waals surface area contributed by atoms with E-state index in [1.54, 1.807) is 6.20 Å². The number of rotatable bonds is 2. The Morgan fingerprint density at radius 3 is 3.12 bits per heavy atom. The van der Waals surface area contributed by atoms with E-state index in [0.717, 1.165) is 23.1 Å². The molecule has 2 rings (SSSR count). The third kappa shape index (κ3) is 2.58. The number of likely N-dealkylation sites (tertiary alicyclic amines) is 1. The molecule has 1 aliphatic rings. The minimum atomic E-state index is 0.226. The summed E-state index contributed by atoms with van der Waals surface area (Å²) in [7, 11) is 0. The Morgan fingerprint density at radius 2 is 2.44 bits per heavy atom. The Bertz CT molecular complexity index is 397. The minimum absolute atomic E-state index is 0.226. The molecule has 0 radical (unpaired) electrons. The normalized spacial score (nSPS) is 21.2. The fourth-order valence-electron chi connectivity index (χ4n) is 1.83. The molecule has 4 nitrogen and oxygen atoms in total. The van der Waals surface area contributed by atoms with Gasteiger partial charge in [-0.05, 0) is 28.3 Å². The summed E-state index contributed by atoms with van der Waals surface area (Å²) in [6, 6.07) is 0. The average molecular weight is 284 g/mol. The van der Waals surface area contributed by atoms with Crippen molar-refractivity contribution >= 4 is 21.8 Å². The van der Waals surface area contributed by atoms with E-state index in [-0.39, 0.29) is 5.91 Å². The van der Waals surface area contributed by atoms with Gasteiger partial charge in [0.15, 0.2) is 0 Å². The standard InChI is InChI=1S/C11H14BrN3O/c1-8-2-3-15(11(16)4-8)6-10-9(12)5-13-7-14-10/h5,7-8H,2-4,6H2,1H3. The predicted octanol–water partition coefficient (Wildman–Crippen LogP) is 2.00. The summed E-state index contributed by atoms with van der Waals surface area (Å²) in [4.78, 5) is 21.7. The van der Waals surface area contributed by atoms with Gasteiger partial charge in [-0.1, -0.05) is 6.92 Å². The summed E-state index contributed by atoms with van der Waals surface area (Å²) >= 11 is 3.39. The molecule has 2 heterocycles. The Balaban J connectivity index is 2.05. The molecule has 1 saturated heterocycles. The first kappa shape index (κ1) is 11.5. The van der Waals surface area contributed by atoms with Crippen molar-refractivity contribution in [1.82, 2.24) is 14.9 Å². The number of aromatic nitrogens is 2. The van der Waals surface area contributed by atoms with Gasteiger partial charge in [-0.2, -0.15) is 0 Å². The van der Waals surface area contributed by atoms with E-state index < -0.39 is 0 Å². The van der Waals surface area contributed by atoms with Gasteiger partial charge in [0.25, 0.3) is 0 Å². The smallest absolute Gasteiger partial charge is 0.223 e. The molecular weight excluding hydrogens is 270 g/mol. The third-order valence-corrected chi connectivity index (χ3v) is 3.51. The van der Waals surface area contributed by atoms with Crippen molar-refractivity contribution in [3.63, 3.8) is 0 Å². The number of carbonyl (C=O) groups is 1. The number of halogens is 1. The van der Waals surface area contributed by atoms with Crippen LogP contribution in [0.5, 0.6) is 0 Å². The molecule has 16 heavy (non-hydrogen) atoms. The molecule has 0 aromatic carbocycles. The fourth-order valence-corrected chi connectivity index (χ4v) is 2.18. The van der Waals surface area contributed by atoms with E-state index in [9.17, 15) is 4.79 Å². The maximum Gasteiger partial charge on any atom is 0.223 e. The van der Waals surface area contributed by atoms with Crippen molar-refractivity contribution in [3.8, 4) is 0 Å². The molecule has 1 atom stereocenters.